The van der Waals surface area contributed by atoms with Crippen molar-refractivity contribution >= 4 is 11.9 Å². The van der Waals surface area contributed by atoms with E-state index in [1.807, 2.05) is 6.92 Å². The largest absolute Gasteiger partial charge is 0.481 e. The fraction of sp³-hybridized carbons (Fsp3) is 0.846. The van der Waals surface area contributed by atoms with Crippen LogP contribution >= 0.6 is 0 Å². The first-order valence-corrected chi connectivity index (χ1v) is 6.83. The number of rotatable bonds is 7. The molecule has 1 amide bonds. The molecule has 1 aliphatic heterocycles. The van der Waals surface area contributed by atoms with E-state index in [0.717, 1.165) is 12.8 Å². The van der Waals surface area contributed by atoms with Crippen LogP contribution in [-0.4, -0.2) is 42.8 Å². The molecule has 19 heavy (non-hydrogen) atoms. The number of carboxylic acid groups (broad SMARTS) is 1. The predicted octanol–water partition coefficient (Wildman–Crippen LogP) is 0.502. The Morgan fingerprint density at radius 1 is 1.42 bits per heavy atom. The SMILES string of the molecule is CCCC(N)CC(=O)NCC1(C(=O)O)CCOCC1. The number of carboxylic acids is 1. The third-order valence-electron chi connectivity index (χ3n) is 3.63. The molecule has 1 heterocycles. The number of nitrogens with one attached hydrogen (secondary N) is 1. The van der Waals surface area contributed by atoms with Crippen LogP contribution < -0.4 is 11.1 Å². The Bertz CT molecular complexity index is 314. The van der Waals surface area contributed by atoms with Crippen molar-refractivity contribution < 1.29 is 19.4 Å². The van der Waals surface area contributed by atoms with E-state index in [1.165, 1.54) is 0 Å². The average molecular weight is 272 g/mol. The summed E-state index contributed by atoms with van der Waals surface area (Å²) in [5.41, 5.74) is 4.90. The van der Waals surface area contributed by atoms with Gasteiger partial charge in [-0.05, 0) is 19.3 Å². The van der Waals surface area contributed by atoms with Crippen LogP contribution in [0.5, 0.6) is 0 Å². The Labute approximate surface area is 113 Å². The number of amides is 1. The molecule has 1 fully saturated rings. The minimum atomic E-state index is -0.886. The van der Waals surface area contributed by atoms with Gasteiger partial charge in [-0.25, -0.2) is 0 Å². The maximum absolute atomic E-state index is 11.7. The second kappa shape index (κ2) is 7.45. The smallest absolute Gasteiger partial charge is 0.311 e. The minimum Gasteiger partial charge on any atom is -0.481 e. The maximum atomic E-state index is 11.7. The number of aliphatic carboxylic acids is 1. The summed E-state index contributed by atoms with van der Waals surface area (Å²) in [5.74, 6) is -1.04. The van der Waals surface area contributed by atoms with Crippen molar-refractivity contribution in [1.82, 2.24) is 5.32 Å². The van der Waals surface area contributed by atoms with Gasteiger partial charge >= 0.3 is 5.97 Å². The summed E-state index contributed by atoms with van der Waals surface area (Å²) in [7, 11) is 0. The van der Waals surface area contributed by atoms with Crippen LogP contribution in [0.2, 0.25) is 0 Å². The van der Waals surface area contributed by atoms with Crippen LogP contribution in [-0.2, 0) is 14.3 Å². The third-order valence-corrected chi connectivity index (χ3v) is 3.63. The zero-order chi connectivity index (χ0) is 14.3. The van der Waals surface area contributed by atoms with Crippen molar-refractivity contribution in [2.75, 3.05) is 19.8 Å². The van der Waals surface area contributed by atoms with Gasteiger partial charge in [0, 0.05) is 32.2 Å². The van der Waals surface area contributed by atoms with E-state index in [0.29, 0.717) is 26.1 Å². The van der Waals surface area contributed by atoms with Crippen LogP contribution in [0.3, 0.4) is 0 Å². The molecule has 1 unspecified atom stereocenters. The highest BCUT2D eigenvalue weighted by Crippen LogP contribution is 2.30. The van der Waals surface area contributed by atoms with E-state index >= 15 is 0 Å². The van der Waals surface area contributed by atoms with Gasteiger partial charge in [-0.1, -0.05) is 13.3 Å². The number of hydrogen-bond acceptors (Lipinski definition) is 4. The van der Waals surface area contributed by atoms with Crippen molar-refractivity contribution in [2.45, 2.75) is 45.1 Å². The topological polar surface area (TPSA) is 102 Å². The van der Waals surface area contributed by atoms with Crippen molar-refractivity contribution in [1.29, 1.82) is 0 Å². The van der Waals surface area contributed by atoms with Crippen molar-refractivity contribution in [3.63, 3.8) is 0 Å². The third kappa shape index (κ3) is 4.80. The zero-order valence-corrected chi connectivity index (χ0v) is 11.5. The van der Waals surface area contributed by atoms with Gasteiger partial charge in [0.1, 0.15) is 0 Å². The molecule has 110 valence electrons. The molecule has 0 radical (unpaired) electrons. The Balaban J connectivity index is 2.44. The molecule has 4 N–H and O–H groups in total. The first-order chi connectivity index (χ1) is 9.00. The van der Waals surface area contributed by atoms with Gasteiger partial charge in [0.05, 0.1) is 5.41 Å². The molecule has 1 rings (SSSR count). The lowest BCUT2D eigenvalue weighted by Crippen LogP contribution is -2.47. The summed E-state index contributed by atoms with van der Waals surface area (Å²) in [6.45, 7) is 3.03. The summed E-state index contributed by atoms with van der Waals surface area (Å²) in [5, 5.41) is 12.0. The average Bonchev–Trinajstić information content (AvgIpc) is 2.37. The lowest BCUT2D eigenvalue weighted by Gasteiger charge is -2.33. The van der Waals surface area contributed by atoms with Gasteiger partial charge < -0.3 is 20.9 Å². The molecule has 6 heteroatoms. The summed E-state index contributed by atoms with van der Waals surface area (Å²) >= 11 is 0. The highest BCUT2D eigenvalue weighted by atomic mass is 16.5. The molecule has 0 bridgehead atoms. The van der Waals surface area contributed by atoms with E-state index in [2.05, 4.69) is 5.32 Å². The number of carbonyl (C=O) groups is 2. The Morgan fingerprint density at radius 2 is 2.05 bits per heavy atom. The Morgan fingerprint density at radius 3 is 2.58 bits per heavy atom. The highest BCUT2D eigenvalue weighted by Gasteiger charge is 2.40. The minimum absolute atomic E-state index is 0.152. The summed E-state index contributed by atoms with van der Waals surface area (Å²) in [6.07, 6.45) is 2.85. The van der Waals surface area contributed by atoms with E-state index in [1.54, 1.807) is 0 Å². The zero-order valence-electron chi connectivity index (χ0n) is 11.5. The lowest BCUT2D eigenvalue weighted by molar-refractivity contribution is -0.154. The van der Waals surface area contributed by atoms with Gasteiger partial charge in [-0.15, -0.1) is 0 Å². The fourth-order valence-electron chi connectivity index (χ4n) is 2.28. The van der Waals surface area contributed by atoms with Gasteiger partial charge in [0.25, 0.3) is 0 Å². The molecule has 1 atom stereocenters. The van der Waals surface area contributed by atoms with Crippen molar-refractivity contribution in [3.05, 3.63) is 0 Å². The summed E-state index contributed by atoms with van der Waals surface area (Å²) < 4.78 is 5.18. The lowest BCUT2D eigenvalue weighted by atomic mass is 9.80. The summed E-state index contributed by atoms with van der Waals surface area (Å²) in [6, 6.07) is -0.152. The number of hydrogen-bond donors (Lipinski definition) is 3. The van der Waals surface area contributed by atoms with E-state index < -0.39 is 11.4 Å². The number of carbonyl (C=O) groups excluding carboxylic acids is 1. The standard InChI is InChI=1S/C13H24N2O4/c1-2-3-10(14)8-11(16)15-9-13(12(17)18)4-6-19-7-5-13/h10H,2-9,14H2,1H3,(H,15,16)(H,17,18). The maximum Gasteiger partial charge on any atom is 0.311 e. The van der Waals surface area contributed by atoms with Crippen LogP contribution in [0.4, 0.5) is 0 Å². The number of nitrogens with two attached hydrogens (primary N) is 1. The Hall–Kier alpha value is -1.14. The van der Waals surface area contributed by atoms with Crippen molar-refractivity contribution in [3.8, 4) is 0 Å². The molecular weight excluding hydrogens is 248 g/mol. The molecule has 0 spiro atoms. The van der Waals surface area contributed by atoms with Gasteiger partial charge in [-0.2, -0.15) is 0 Å². The monoisotopic (exact) mass is 272 g/mol. The van der Waals surface area contributed by atoms with Gasteiger partial charge in [0.2, 0.25) is 5.91 Å². The second-order valence-corrected chi connectivity index (χ2v) is 5.23. The highest BCUT2D eigenvalue weighted by molar-refractivity contribution is 5.79. The normalized spacial score (nSPS) is 19.7. The molecule has 0 aromatic rings. The fourth-order valence-corrected chi connectivity index (χ4v) is 2.28. The molecule has 1 saturated heterocycles. The van der Waals surface area contributed by atoms with E-state index in [9.17, 15) is 14.7 Å². The van der Waals surface area contributed by atoms with Crippen LogP contribution in [0.25, 0.3) is 0 Å². The molecule has 6 nitrogen and oxygen atoms in total. The van der Waals surface area contributed by atoms with Crippen LogP contribution in [0, 0.1) is 5.41 Å². The molecular formula is C13H24N2O4. The van der Waals surface area contributed by atoms with E-state index in [-0.39, 0.29) is 24.9 Å². The first-order valence-electron chi connectivity index (χ1n) is 6.83. The van der Waals surface area contributed by atoms with E-state index in [4.69, 9.17) is 10.5 Å². The quantitative estimate of drug-likeness (QED) is 0.626. The second-order valence-electron chi connectivity index (χ2n) is 5.23. The van der Waals surface area contributed by atoms with Crippen molar-refractivity contribution in [2.24, 2.45) is 11.1 Å². The van der Waals surface area contributed by atoms with Crippen LogP contribution in [0.1, 0.15) is 39.0 Å². The molecule has 0 saturated carbocycles. The van der Waals surface area contributed by atoms with Gasteiger partial charge in [-0.3, -0.25) is 9.59 Å². The molecule has 0 aromatic heterocycles. The summed E-state index contributed by atoms with van der Waals surface area (Å²) in [4.78, 5) is 23.1. The predicted molar refractivity (Wildman–Crippen MR) is 70.6 cm³/mol. The molecule has 0 aromatic carbocycles. The molecule has 1 aliphatic rings. The number of ether oxygens (including phenoxy) is 1. The first kappa shape index (κ1) is 15.9. The van der Waals surface area contributed by atoms with Gasteiger partial charge in [0.15, 0.2) is 0 Å². The van der Waals surface area contributed by atoms with Crippen LogP contribution in [0.15, 0.2) is 0 Å². The Kier molecular flexibility index (Phi) is 6.24. The molecule has 0 aliphatic carbocycles.